The van der Waals surface area contributed by atoms with Gasteiger partial charge in [-0.15, -0.1) is 11.8 Å². The van der Waals surface area contributed by atoms with Crippen molar-refractivity contribution in [3.63, 3.8) is 0 Å². The van der Waals surface area contributed by atoms with E-state index in [1.165, 1.54) is 43.7 Å². The van der Waals surface area contributed by atoms with E-state index in [0.717, 1.165) is 31.0 Å². The Morgan fingerprint density at radius 3 is 2.73 bits per heavy atom. The molecule has 0 radical (unpaired) electrons. The molecule has 1 aliphatic rings. The lowest BCUT2D eigenvalue weighted by Gasteiger charge is -2.13. The molecule has 2 aromatic rings. The van der Waals surface area contributed by atoms with Crippen molar-refractivity contribution in [3.05, 3.63) is 69.8 Å². The summed E-state index contributed by atoms with van der Waals surface area (Å²) in [5, 5.41) is 17.2. The Labute approximate surface area is 196 Å². The third-order valence-electron chi connectivity index (χ3n) is 5.29. The number of hydrogen-bond donors (Lipinski definition) is 2. The van der Waals surface area contributed by atoms with Gasteiger partial charge in [-0.2, -0.15) is 0 Å². The molecule has 33 heavy (non-hydrogen) atoms. The highest BCUT2D eigenvalue weighted by molar-refractivity contribution is 8.00. The summed E-state index contributed by atoms with van der Waals surface area (Å²) in [6, 6.07) is 11.1. The van der Waals surface area contributed by atoms with Gasteiger partial charge < -0.3 is 15.4 Å². The van der Waals surface area contributed by atoms with E-state index < -0.39 is 10.8 Å². The molecule has 0 heterocycles. The number of nitrogens with zero attached hydrogens (tertiary/aromatic N) is 1. The first kappa shape index (κ1) is 24.3. The van der Waals surface area contributed by atoms with Crippen LogP contribution in [0.4, 0.5) is 11.4 Å². The number of thioether (sulfide) groups is 1. The number of nitro groups is 1. The maximum atomic E-state index is 12.6. The SMILES string of the molecule is COc1ccccc1NC(=O)c1ccc(SCC(=O)NCCC2=CCCCC2)c([N+](=O)[O-])c1. The van der Waals surface area contributed by atoms with Gasteiger partial charge in [0.05, 0.1) is 28.4 Å². The molecule has 2 N–H and O–H groups in total. The Morgan fingerprint density at radius 1 is 1.18 bits per heavy atom. The number of benzene rings is 2. The van der Waals surface area contributed by atoms with Crippen molar-refractivity contribution >= 4 is 35.0 Å². The number of hydrogen-bond acceptors (Lipinski definition) is 6. The molecule has 0 saturated carbocycles. The molecule has 0 saturated heterocycles. The minimum Gasteiger partial charge on any atom is -0.495 e. The minimum atomic E-state index is -0.546. The molecule has 8 nitrogen and oxygen atoms in total. The molecular formula is C24H27N3O5S. The molecule has 0 aliphatic heterocycles. The Kier molecular flexibility index (Phi) is 8.88. The number of rotatable bonds is 10. The van der Waals surface area contributed by atoms with E-state index in [0.29, 0.717) is 22.9 Å². The monoisotopic (exact) mass is 469 g/mol. The van der Waals surface area contributed by atoms with Crippen LogP contribution in [0.15, 0.2) is 59.0 Å². The molecule has 1 aliphatic carbocycles. The molecule has 0 unspecified atom stereocenters. The number of methoxy groups -OCH3 is 1. The molecule has 0 bridgehead atoms. The number of nitro benzene ring substituents is 1. The highest BCUT2D eigenvalue weighted by Gasteiger charge is 2.19. The van der Waals surface area contributed by atoms with Crippen LogP contribution in [0.5, 0.6) is 5.75 Å². The van der Waals surface area contributed by atoms with Crippen LogP contribution in [0.1, 0.15) is 42.5 Å². The van der Waals surface area contributed by atoms with Gasteiger partial charge in [0, 0.05) is 18.2 Å². The summed E-state index contributed by atoms with van der Waals surface area (Å²) in [4.78, 5) is 36.2. The maximum Gasteiger partial charge on any atom is 0.283 e. The van der Waals surface area contributed by atoms with Gasteiger partial charge in [-0.1, -0.05) is 23.8 Å². The van der Waals surface area contributed by atoms with Gasteiger partial charge in [-0.3, -0.25) is 19.7 Å². The van der Waals surface area contributed by atoms with E-state index in [1.807, 2.05) is 0 Å². The van der Waals surface area contributed by atoms with Crippen LogP contribution in [0.25, 0.3) is 0 Å². The van der Waals surface area contributed by atoms with Crippen LogP contribution in [-0.4, -0.2) is 36.1 Å². The fourth-order valence-electron chi connectivity index (χ4n) is 3.55. The Bertz CT molecular complexity index is 1050. The topological polar surface area (TPSA) is 111 Å². The van der Waals surface area contributed by atoms with Gasteiger partial charge in [-0.05, 0) is 56.4 Å². The number of ether oxygens (including phenoxy) is 1. The predicted octanol–water partition coefficient (Wildman–Crippen LogP) is 4.95. The smallest absolute Gasteiger partial charge is 0.283 e. The quantitative estimate of drug-likeness (QED) is 0.220. The van der Waals surface area contributed by atoms with Gasteiger partial charge in [0.25, 0.3) is 11.6 Å². The number of carbonyl (C=O) groups is 2. The largest absolute Gasteiger partial charge is 0.495 e. The third kappa shape index (κ3) is 7.08. The lowest BCUT2D eigenvalue weighted by Crippen LogP contribution is -2.26. The number of carbonyl (C=O) groups excluding carboxylic acids is 2. The van der Waals surface area contributed by atoms with Crippen LogP contribution in [-0.2, 0) is 4.79 Å². The average Bonchev–Trinajstić information content (AvgIpc) is 2.83. The standard InChI is InChI=1S/C24H27N3O5S/c1-32-21-10-6-5-9-19(21)26-24(29)18-11-12-22(20(15-18)27(30)31)33-16-23(28)25-14-13-17-7-3-2-4-8-17/h5-7,9-12,15H,2-4,8,13-14,16H2,1H3,(H,25,28)(H,26,29). The summed E-state index contributed by atoms with van der Waals surface area (Å²) < 4.78 is 5.21. The molecule has 2 aromatic carbocycles. The normalized spacial score (nSPS) is 13.1. The van der Waals surface area contributed by atoms with Gasteiger partial charge in [0.2, 0.25) is 5.91 Å². The van der Waals surface area contributed by atoms with Gasteiger partial charge in [0.1, 0.15) is 5.75 Å². The van der Waals surface area contributed by atoms with E-state index in [4.69, 9.17) is 4.74 Å². The zero-order valence-corrected chi connectivity index (χ0v) is 19.3. The van der Waals surface area contributed by atoms with Crippen LogP contribution in [0.3, 0.4) is 0 Å². The first-order valence-electron chi connectivity index (χ1n) is 10.8. The summed E-state index contributed by atoms with van der Waals surface area (Å²) in [5.74, 6) is -0.122. The number of nitrogens with one attached hydrogen (secondary N) is 2. The fraction of sp³-hybridized carbons (Fsp3) is 0.333. The number of amides is 2. The van der Waals surface area contributed by atoms with Crippen molar-refractivity contribution < 1.29 is 19.2 Å². The summed E-state index contributed by atoms with van der Waals surface area (Å²) in [6.45, 7) is 0.565. The molecule has 3 rings (SSSR count). The van der Waals surface area contributed by atoms with Crippen LogP contribution >= 0.6 is 11.8 Å². The molecule has 174 valence electrons. The van der Waals surface area contributed by atoms with Crippen LogP contribution in [0.2, 0.25) is 0 Å². The van der Waals surface area contributed by atoms with Gasteiger partial charge in [-0.25, -0.2) is 0 Å². The number of para-hydroxylation sites is 2. The molecule has 0 spiro atoms. The fourth-order valence-corrected chi connectivity index (χ4v) is 4.39. The lowest BCUT2D eigenvalue weighted by atomic mass is 9.97. The van der Waals surface area contributed by atoms with E-state index >= 15 is 0 Å². The highest BCUT2D eigenvalue weighted by atomic mass is 32.2. The van der Waals surface area contributed by atoms with Crippen molar-refractivity contribution in [2.24, 2.45) is 0 Å². The van der Waals surface area contributed by atoms with Crippen molar-refractivity contribution in [3.8, 4) is 5.75 Å². The van der Waals surface area contributed by atoms with E-state index in [2.05, 4.69) is 16.7 Å². The summed E-state index contributed by atoms with van der Waals surface area (Å²) in [6.07, 6.45) is 7.72. The highest BCUT2D eigenvalue weighted by Crippen LogP contribution is 2.31. The second-order valence-corrected chi connectivity index (χ2v) is 8.61. The predicted molar refractivity (Wildman–Crippen MR) is 129 cm³/mol. The second kappa shape index (κ2) is 12.1. The van der Waals surface area contributed by atoms with Crippen molar-refractivity contribution in [1.29, 1.82) is 0 Å². The van der Waals surface area contributed by atoms with Gasteiger partial charge in [0.15, 0.2) is 0 Å². The van der Waals surface area contributed by atoms with Crippen molar-refractivity contribution in [2.75, 3.05) is 24.7 Å². The minimum absolute atomic E-state index is 0.0621. The summed E-state index contributed by atoms with van der Waals surface area (Å²) in [5.41, 5.74) is 1.77. The zero-order valence-electron chi connectivity index (χ0n) is 18.5. The van der Waals surface area contributed by atoms with Crippen molar-refractivity contribution in [2.45, 2.75) is 37.0 Å². The number of anilines is 1. The van der Waals surface area contributed by atoms with E-state index in [-0.39, 0.29) is 22.9 Å². The molecule has 0 atom stereocenters. The molecule has 0 fully saturated rings. The first-order valence-corrected chi connectivity index (χ1v) is 11.8. The molecule has 2 amide bonds. The number of allylic oxidation sites excluding steroid dienone is 1. The van der Waals surface area contributed by atoms with Crippen molar-refractivity contribution in [1.82, 2.24) is 5.32 Å². The Morgan fingerprint density at radius 2 is 2.00 bits per heavy atom. The first-order chi connectivity index (χ1) is 16.0. The Hall–Kier alpha value is -3.33. The van der Waals surface area contributed by atoms with Crippen LogP contribution < -0.4 is 15.4 Å². The summed E-state index contributed by atoms with van der Waals surface area (Å²) in [7, 11) is 1.49. The average molecular weight is 470 g/mol. The second-order valence-electron chi connectivity index (χ2n) is 7.59. The van der Waals surface area contributed by atoms with Gasteiger partial charge >= 0.3 is 0 Å². The molecular weight excluding hydrogens is 442 g/mol. The Balaban J connectivity index is 1.58. The van der Waals surface area contributed by atoms with E-state index in [1.54, 1.807) is 24.3 Å². The molecule has 0 aromatic heterocycles. The lowest BCUT2D eigenvalue weighted by molar-refractivity contribution is -0.387. The summed E-state index contributed by atoms with van der Waals surface area (Å²) >= 11 is 1.08. The molecule has 9 heteroatoms. The zero-order chi connectivity index (χ0) is 23.6. The van der Waals surface area contributed by atoms with Crippen LogP contribution in [0, 0.1) is 10.1 Å². The van der Waals surface area contributed by atoms with E-state index in [9.17, 15) is 19.7 Å². The third-order valence-corrected chi connectivity index (χ3v) is 6.35. The maximum absolute atomic E-state index is 12.6.